The number of aromatic nitrogens is 2. The summed E-state index contributed by atoms with van der Waals surface area (Å²) in [5, 5.41) is 22.8. The van der Waals surface area contributed by atoms with Gasteiger partial charge in [-0.25, -0.2) is 5.43 Å². The molecule has 12 heteroatoms. The maximum absolute atomic E-state index is 12.1. The van der Waals surface area contributed by atoms with Crippen LogP contribution in [0.3, 0.4) is 0 Å². The van der Waals surface area contributed by atoms with Crippen molar-refractivity contribution in [3.05, 3.63) is 52.5 Å². The van der Waals surface area contributed by atoms with Crippen molar-refractivity contribution in [2.45, 2.75) is 14.4 Å². The number of halogens is 1. The minimum Gasteiger partial charge on any atom is -0.502 e. The predicted octanol–water partition coefficient (Wildman–Crippen LogP) is 4.45. The number of benzene rings is 2. The molecular weight excluding hydrogens is 492 g/mol. The number of phenolic OH excluding ortho intramolecular Hbond substituents is 1. The molecular formula is C20H19ClN4O4S3. The van der Waals surface area contributed by atoms with E-state index in [1.54, 1.807) is 23.9 Å². The summed E-state index contributed by atoms with van der Waals surface area (Å²) in [4.78, 5) is 12.1. The molecule has 0 fully saturated rings. The molecule has 0 aliphatic heterocycles. The Labute approximate surface area is 202 Å². The highest BCUT2D eigenvalue weighted by molar-refractivity contribution is 8.03. The smallest absolute Gasteiger partial charge is 0.250 e. The van der Waals surface area contributed by atoms with Crippen molar-refractivity contribution in [2.75, 3.05) is 20.0 Å². The van der Waals surface area contributed by atoms with Crippen molar-refractivity contribution >= 4 is 58.6 Å². The number of nitrogens with one attached hydrogen (secondary N) is 1. The molecule has 3 aromatic rings. The second-order valence-electron chi connectivity index (χ2n) is 6.07. The summed E-state index contributed by atoms with van der Waals surface area (Å²) in [6.45, 7) is 0. The molecule has 32 heavy (non-hydrogen) atoms. The first-order chi connectivity index (χ1) is 15.5. The number of hydrogen-bond acceptors (Lipinski definition) is 10. The molecule has 2 N–H and O–H groups in total. The molecule has 0 atom stereocenters. The van der Waals surface area contributed by atoms with Crippen LogP contribution in [0.15, 0.2) is 50.2 Å². The second-order valence-corrected chi connectivity index (χ2v) is 9.90. The summed E-state index contributed by atoms with van der Waals surface area (Å²) in [5.74, 6) is 0.933. The van der Waals surface area contributed by atoms with Crippen LogP contribution in [0, 0.1) is 0 Å². The quantitative estimate of drug-likeness (QED) is 0.234. The van der Waals surface area contributed by atoms with Crippen molar-refractivity contribution in [3.63, 3.8) is 0 Å². The number of aromatic hydroxyl groups is 1. The largest absolute Gasteiger partial charge is 0.502 e. The lowest BCUT2D eigenvalue weighted by molar-refractivity contribution is -0.118. The van der Waals surface area contributed by atoms with E-state index in [1.807, 2.05) is 24.3 Å². The van der Waals surface area contributed by atoms with Crippen LogP contribution in [0.1, 0.15) is 11.1 Å². The van der Waals surface area contributed by atoms with E-state index >= 15 is 0 Å². The number of nitrogens with zero attached hydrogens (tertiary/aromatic N) is 3. The summed E-state index contributed by atoms with van der Waals surface area (Å²) < 4.78 is 11.7. The number of amides is 1. The Balaban J connectivity index is 1.47. The Morgan fingerprint density at radius 3 is 2.50 bits per heavy atom. The number of hydrogen-bond donors (Lipinski definition) is 2. The third-order valence-corrected chi connectivity index (χ3v) is 7.54. The first kappa shape index (κ1) is 24.2. The summed E-state index contributed by atoms with van der Waals surface area (Å²) in [6, 6.07) is 10.8. The standard InChI is InChI=1S/C20H19ClN4O4S3/c1-28-15-7-12(8-16(29-2)18(15)27)9-22-23-17(26)11-31-20-25-24-19(32-20)30-10-13-5-3-4-6-14(13)21/h3-9,27H,10-11H2,1-2H3,(H,23,26). The van der Waals surface area contributed by atoms with Crippen LogP contribution in [0.4, 0.5) is 0 Å². The SMILES string of the molecule is COc1cc(C=NNC(=O)CSc2nnc(SCc3ccccc3Cl)s2)cc(OC)c1O. The van der Waals surface area contributed by atoms with E-state index in [1.165, 1.54) is 43.5 Å². The maximum atomic E-state index is 12.1. The molecule has 2 aromatic carbocycles. The third kappa shape index (κ3) is 6.76. The van der Waals surface area contributed by atoms with Gasteiger partial charge in [-0.3, -0.25) is 4.79 Å². The highest BCUT2D eigenvalue weighted by atomic mass is 35.5. The molecule has 0 aliphatic rings. The Morgan fingerprint density at radius 2 is 1.84 bits per heavy atom. The van der Waals surface area contributed by atoms with Crippen LogP contribution < -0.4 is 14.9 Å². The first-order valence-electron chi connectivity index (χ1n) is 9.09. The third-order valence-electron chi connectivity index (χ3n) is 3.93. The van der Waals surface area contributed by atoms with E-state index in [4.69, 9.17) is 21.1 Å². The molecule has 1 amide bonds. The van der Waals surface area contributed by atoms with Gasteiger partial charge in [0.25, 0.3) is 5.91 Å². The zero-order valence-corrected chi connectivity index (χ0v) is 20.3. The predicted molar refractivity (Wildman–Crippen MR) is 129 cm³/mol. The van der Waals surface area contributed by atoms with E-state index in [0.717, 1.165) is 14.9 Å². The monoisotopic (exact) mass is 510 g/mol. The van der Waals surface area contributed by atoms with Crippen LogP contribution in [0.25, 0.3) is 0 Å². The van der Waals surface area contributed by atoms with Crippen LogP contribution in [-0.4, -0.2) is 47.4 Å². The van der Waals surface area contributed by atoms with Gasteiger partial charge in [0.05, 0.1) is 26.2 Å². The molecule has 8 nitrogen and oxygen atoms in total. The topological polar surface area (TPSA) is 106 Å². The number of hydrazone groups is 1. The fourth-order valence-corrected chi connectivity index (χ4v) is 5.49. The molecule has 1 aromatic heterocycles. The van der Waals surface area contributed by atoms with E-state index < -0.39 is 0 Å². The number of phenols is 1. The highest BCUT2D eigenvalue weighted by Gasteiger charge is 2.11. The van der Waals surface area contributed by atoms with E-state index in [0.29, 0.717) is 15.7 Å². The lowest BCUT2D eigenvalue weighted by Gasteiger charge is -2.09. The molecule has 0 aliphatic carbocycles. The van der Waals surface area contributed by atoms with Gasteiger partial charge in [0, 0.05) is 16.3 Å². The lowest BCUT2D eigenvalue weighted by Crippen LogP contribution is -2.19. The van der Waals surface area contributed by atoms with Crippen molar-refractivity contribution in [3.8, 4) is 17.2 Å². The summed E-state index contributed by atoms with van der Waals surface area (Å²) in [5.41, 5.74) is 4.08. The molecule has 0 radical (unpaired) electrons. The van der Waals surface area contributed by atoms with Crippen LogP contribution in [0.2, 0.25) is 5.02 Å². The number of carbonyl (C=O) groups is 1. The fourth-order valence-electron chi connectivity index (χ4n) is 2.40. The van der Waals surface area contributed by atoms with Crippen LogP contribution in [0.5, 0.6) is 17.2 Å². The average molecular weight is 511 g/mol. The van der Waals surface area contributed by atoms with E-state index in [-0.39, 0.29) is 28.9 Å². The zero-order chi connectivity index (χ0) is 22.9. The van der Waals surface area contributed by atoms with Gasteiger partial charge in [-0.15, -0.1) is 10.2 Å². The summed E-state index contributed by atoms with van der Waals surface area (Å²) >= 11 is 10.4. The first-order valence-corrected chi connectivity index (χ1v) is 12.3. The zero-order valence-electron chi connectivity index (χ0n) is 17.1. The lowest BCUT2D eigenvalue weighted by atomic mass is 10.2. The second kappa shape index (κ2) is 12.0. The Morgan fingerprint density at radius 1 is 1.19 bits per heavy atom. The van der Waals surface area contributed by atoms with Gasteiger partial charge < -0.3 is 14.6 Å². The van der Waals surface area contributed by atoms with Gasteiger partial charge in [0.15, 0.2) is 20.2 Å². The Kier molecular flexibility index (Phi) is 9.03. The average Bonchev–Trinajstić information content (AvgIpc) is 3.26. The van der Waals surface area contributed by atoms with Gasteiger partial charge in [-0.1, -0.05) is 64.7 Å². The normalized spacial score (nSPS) is 11.0. The number of ether oxygens (including phenoxy) is 2. The van der Waals surface area contributed by atoms with E-state index in [9.17, 15) is 9.90 Å². The van der Waals surface area contributed by atoms with Gasteiger partial charge in [-0.2, -0.15) is 5.10 Å². The fraction of sp³-hybridized carbons (Fsp3) is 0.200. The van der Waals surface area contributed by atoms with Gasteiger partial charge in [0.2, 0.25) is 5.75 Å². The van der Waals surface area contributed by atoms with Crippen LogP contribution >= 0.6 is 46.5 Å². The molecule has 0 spiro atoms. The Hall–Kier alpha value is -2.47. The molecule has 0 saturated carbocycles. The van der Waals surface area contributed by atoms with Gasteiger partial charge in [0.1, 0.15) is 0 Å². The molecule has 0 unspecified atom stereocenters. The Bertz CT molecular complexity index is 1080. The molecule has 168 valence electrons. The summed E-state index contributed by atoms with van der Waals surface area (Å²) in [6.07, 6.45) is 1.43. The maximum Gasteiger partial charge on any atom is 0.250 e. The number of methoxy groups -OCH3 is 2. The van der Waals surface area contributed by atoms with Crippen molar-refractivity contribution in [1.29, 1.82) is 0 Å². The van der Waals surface area contributed by atoms with Crippen molar-refractivity contribution in [1.82, 2.24) is 15.6 Å². The number of carbonyl (C=O) groups excluding carboxylic acids is 1. The highest BCUT2D eigenvalue weighted by Crippen LogP contribution is 2.36. The molecule has 3 rings (SSSR count). The summed E-state index contributed by atoms with van der Waals surface area (Å²) in [7, 11) is 2.87. The van der Waals surface area contributed by atoms with Gasteiger partial charge >= 0.3 is 0 Å². The number of thioether (sulfide) groups is 2. The van der Waals surface area contributed by atoms with Crippen molar-refractivity contribution in [2.24, 2.45) is 5.10 Å². The molecule has 0 bridgehead atoms. The van der Waals surface area contributed by atoms with Crippen molar-refractivity contribution < 1.29 is 19.4 Å². The minimum atomic E-state index is -0.288. The molecule has 0 saturated heterocycles. The minimum absolute atomic E-state index is 0.103. The van der Waals surface area contributed by atoms with Gasteiger partial charge in [-0.05, 0) is 23.8 Å². The number of rotatable bonds is 10. The van der Waals surface area contributed by atoms with E-state index in [2.05, 4.69) is 20.7 Å². The van der Waals surface area contributed by atoms with Crippen LogP contribution in [-0.2, 0) is 10.5 Å². The molecule has 1 heterocycles.